The van der Waals surface area contributed by atoms with Crippen molar-refractivity contribution in [2.75, 3.05) is 19.6 Å². The lowest BCUT2D eigenvalue weighted by atomic mass is 10.0. The fraction of sp³-hybridized carbons (Fsp3) is 0.407. The molecule has 1 aliphatic carbocycles. The SMILES string of the molecule is CC(C)N(C[C@@H]1CCN(C(=O)C2CC2)C1)C(=O)c1ccc(-c2ccc3[nH]ccc3c2)cc1. The van der Waals surface area contributed by atoms with Crippen molar-refractivity contribution < 1.29 is 9.59 Å². The molecule has 1 saturated heterocycles. The number of benzene rings is 2. The Bertz CT molecular complexity index is 1130. The van der Waals surface area contributed by atoms with Crippen LogP contribution >= 0.6 is 0 Å². The van der Waals surface area contributed by atoms with Gasteiger partial charge in [0.25, 0.3) is 5.91 Å². The lowest BCUT2D eigenvalue weighted by Crippen LogP contribution is -2.41. The van der Waals surface area contributed by atoms with E-state index in [4.69, 9.17) is 0 Å². The number of likely N-dealkylation sites (tertiary alicyclic amines) is 1. The molecule has 166 valence electrons. The third-order valence-electron chi connectivity index (χ3n) is 6.88. The first kappa shape index (κ1) is 20.8. The van der Waals surface area contributed by atoms with E-state index < -0.39 is 0 Å². The third-order valence-corrected chi connectivity index (χ3v) is 6.88. The van der Waals surface area contributed by atoms with Gasteiger partial charge in [0.15, 0.2) is 0 Å². The van der Waals surface area contributed by atoms with Gasteiger partial charge < -0.3 is 14.8 Å². The van der Waals surface area contributed by atoms with E-state index >= 15 is 0 Å². The Hall–Kier alpha value is -3.08. The van der Waals surface area contributed by atoms with E-state index in [2.05, 4.69) is 43.1 Å². The summed E-state index contributed by atoms with van der Waals surface area (Å²) in [4.78, 5) is 32.9. The first-order chi connectivity index (χ1) is 15.5. The number of hydrogen-bond donors (Lipinski definition) is 1. The van der Waals surface area contributed by atoms with Gasteiger partial charge >= 0.3 is 0 Å². The maximum Gasteiger partial charge on any atom is 0.254 e. The van der Waals surface area contributed by atoms with Gasteiger partial charge in [-0.15, -0.1) is 0 Å². The Morgan fingerprint density at radius 1 is 1.03 bits per heavy atom. The van der Waals surface area contributed by atoms with Crippen LogP contribution in [0.25, 0.3) is 22.0 Å². The smallest absolute Gasteiger partial charge is 0.254 e. The maximum absolute atomic E-state index is 13.3. The normalized spacial score (nSPS) is 18.5. The summed E-state index contributed by atoms with van der Waals surface area (Å²) in [6.45, 7) is 6.46. The molecule has 1 aromatic heterocycles. The Kier molecular flexibility index (Phi) is 5.50. The standard InChI is InChI=1S/C27H31N3O2/c1-18(2)30(17-19-12-14-29(16-19)26(31)21-7-8-21)27(32)22-5-3-20(4-6-22)23-9-10-25-24(15-23)11-13-28-25/h3-6,9-11,13,15,18-19,21,28H,7-8,12,14,16-17H2,1-2H3/t19-/m1/s1. The lowest BCUT2D eigenvalue weighted by Gasteiger charge is -2.30. The summed E-state index contributed by atoms with van der Waals surface area (Å²) in [5.74, 6) is 1.02. The number of carbonyl (C=O) groups is 2. The zero-order valence-electron chi connectivity index (χ0n) is 18.9. The number of carbonyl (C=O) groups excluding carboxylic acids is 2. The summed E-state index contributed by atoms with van der Waals surface area (Å²) in [6, 6.07) is 16.5. The third kappa shape index (κ3) is 4.16. The van der Waals surface area contributed by atoms with Crippen molar-refractivity contribution in [3.63, 3.8) is 0 Å². The van der Waals surface area contributed by atoms with Gasteiger partial charge in [-0.2, -0.15) is 0 Å². The van der Waals surface area contributed by atoms with Gasteiger partial charge in [0.05, 0.1) is 0 Å². The molecule has 1 saturated carbocycles. The van der Waals surface area contributed by atoms with Crippen molar-refractivity contribution in [1.82, 2.24) is 14.8 Å². The van der Waals surface area contributed by atoms with Gasteiger partial charge in [0, 0.05) is 48.9 Å². The second-order valence-corrected chi connectivity index (χ2v) is 9.62. The largest absolute Gasteiger partial charge is 0.361 e. The molecule has 1 aliphatic heterocycles. The van der Waals surface area contributed by atoms with E-state index in [1.165, 1.54) is 5.39 Å². The number of rotatable bonds is 6. The number of aromatic amines is 1. The monoisotopic (exact) mass is 429 g/mol. The van der Waals surface area contributed by atoms with Crippen molar-refractivity contribution in [1.29, 1.82) is 0 Å². The quantitative estimate of drug-likeness (QED) is 0.603. The molecule has 1 atom stereocenters. The fourth-order valence-electron chi connectivity index (χ4n) is 4.78. The molecule has 0 unspecified atom stereocenters. The summed E-state index contributed by atoms with van der Waals surface area (Å²) in [6.07, 6.45) is 5.02. The molecule has 0 bridgehead atoms. The van der Waals surface area contributed by atoms with E-state index in [0.29, 0.717) is 23.9 Å². The van der Waals surface area contributed by atoms with Crippen LogP contribution in [0.4, 0.5) is 0 Å². The second kappa shape index (κ2) is 8.45. The highest BCUT2D eigenvalue weighted by atomic mass is 16.2. The molecule has 5 rings (SSSR count). The van der Waals surface area contributed by atoms with Crippen LogP contribution in [-0.4, -0.2) is 52.3 Å². The highest BCUT2D eigenvalue weighted by Gasteiger charge is 2.37. The predicted molar refractivity (Wildman–Crippen MR) is 127 cm³/mol. The summed E-state index contributed by atoms with van der Waals surface area (Å²) < 4.78 is 0. The number of fused-ring (bicyclic) bond motifs is 1. The Morgan fingerprint density at radius 2 is 1.78 bits per heavy atom. The highest BCUT2D eigenvalue weighted by molar-refractivity contribution is 5.95. The van der Waals surface area contributed by atoms with Crippen LogP contribution in [-0.2, 0) is 4.79 Å². The number of aromatic nitrogens is 1. The minimum atomic E-state index is 0.0691. The van der Waals surface area contributed by atoms with Crippen molar-refractivity contribution in [3.8, 4) is 11.1 Å². The number of nitrogens with one attached hydrogen (secondary N) is 1. The summed E-state index contributed by atoms with van der Waals surface area (Å²) in [5.41, 5.74) is 4.08. The number of hydrogen-bond acceptors (Lipinski definition) is 2. The van der Waals surface area contributed by atoms with E-state index in [1.807, 2.05) is 40.3 Å². The van der Waals surface area contributed by atoms with E-state index in [9.17, 15) is 9.59 Å². The zero-order chi connectivity index (χ0) is 22.2. The molecule has 2 aromatic carbocycles. The van der Waals surface area contributed by atoms with Crippen molar-refractivity contribution in [3.05, 3.63) is 60.3 Å². The second-order valence-electron chi connectivity index (χ2n) is 9.62. The molecule has 2 fully saturated rings. The molecule has 5 nitrogen and oxygen atoms in total. The van der Waals surface area contributed by atoms with Gasteiger partial charge in [-0.1, -0.05) is 18.2 Å². The molecule has 2 aliphatic rings. The van der Waals surface area contributed by atoms with Gasteiger partial charge in [-0.05, 0) is 85.9 Å². The topological polar surface area (TPSA) is 56.4 Å². The minimum Gasteiger partial charge on any atom is -0.361 e. The van der Waals surface area contributed by atoms with Crippen molar-refractivity contribution in [2.24, 2.45) is 11.8 Å². The highest BCUT2D eigenvalue weighted by Crippen LogP contribution is 2.33. The summed E-state index contributed by atoms with van der Waals surface area (Å²) >= 11 is 0. The van der Waals surface area contributed by atoms with Gasteiger partial charge in [0.1, 0.15) is 0 Å². The van der Waals surface area contributed by atoms with Crippen LogP contribution in [0.3, 0.4) is 0 Å². The fourth-order valence-corrected chi connectivity index (χ4v) is 4.78. The van der Waals surface area contributed by atoms with Crippen molar-refractivity contribution >= 4 is 22.7 Å². The summed E-state index contributed by atoms with van der Waals surface area (Å²) in [5, 5.41) is 1.18. The Labute approximate surface area is 189 Å². The molecule has 1 N–H and O–H groups in total. The van der Waals surface area contributed by atoms with Crippen LogP contribution in [0.1, 0.15) is 43.5 Å². The predicted octanol–water partition coefficient (Wildman–Crippen LogP) is 4.94. The van der Waals surface area contributed by atoms with Crippen molar-refractivity contribution in [2.45, 2.75) is 39.2 Å². The summed E-state index contributed by atoms with van der Waals surface area (Å²) in [7, 11) is 0. The number of amides is 2. The van der Waals surface area contributed by atoms with Crippen LogP contribution in [0.15, 0.2) is 54.7 Å². The molecule has 32 heavy (non-hydrogen) atoms. The minimum absolute atomic E-state index is 0.0691. The van der Waals surface area contributed by atoms with Crippen LogP contribution in [0.2, 0.25) is 0 Å². The number of nitrogens with zero attached hydrogens (tertiary/aromatic N) is 2. The van der Waals surface area contributed by atoms with E-state index in [-0.39, 0.29) is 17.9 Å². The van der Waals surface area contributed by atoms with E-state index in [0.717, 1.165) is 49.0 Å². The molecule has 0 spiro atoms. The molecule has 2 heterocycles. The molecule has 2 amide bonds. The Balaban J connectivity index is 1.27. The van der Waals surface area contributed by atoms with Gasteiger partial charge in [-0.3, -0.25) is 9.59 Å². The average molecular weight is 430 g/mol. The molecule has 5 heteroatoms. The Morgan fingerprint density at radius 3 is 2.50 bits per heavy atom. The molecule has 3 aromatic rings. The first-order valence-corrected chi connectivity index (χ1v) is 11.8. The lowest BCUT2D eigenvalue weighted by molar-refractivity contribution is -0.131. The van der Waals surface area contributed by atoms with Crippen LogP contribution in [0, 0.1) is 11.8 Å². The van der Waals surface area contributed by atoms with Gasteiger partial charge in [0.2, 0.25) is 5.91 Å². The first-order valence-electron chi connectivity index (χ1n) is 11.8. The van der Waals surface area contributed by atoms with E-state index in [1.54, 1.807) is 0 Å². The van der Waals surface area contributed by atoms with Crippen LogP contribution < -0.4 is 0 Å². The molecule has 0 radical (unpaired) electrons. The molecular formula is C27H31N3O2. The average Bonchev–Trinajstić information content (AvgIpc) is 3.36. The molecular weight excluding hydrogens is 398 g/mol. The zero-order valence-corrected chi connectivity index (χ0v) is 18.9. The van der Waals surface area contributed by atoms with Crippen LogP contribution in [0.5, 0.6) is 0 Å². The number of H-pyrrole nitrogens is 1. The van der Waals surface area contributed by atoms with Gasteiger partial charge in [-0.25, -0.2) is 0 Å². The maximum atomic E-state index is 13.3.